The number of halogens is 1. The van der Waals surface area contributed by atoms with Crippen molar-refractivity contribution in [2.75, 3.05) is 0 Å². The second kappa shape index (κ2) is 5.17. The number of benzene rings is 1. The van der Waals surface area contributed by atoms with Gasteiger partial charge >= 0.3 is 5.97 Å². The maximum atomic E-state index is 10.6. The van der Waals surface area contributed by atoms with E-state index >= 15 is 0 Å². The molecule has 82 valence electrons. The monoisotopic (exact) mass is 226 g/mol. The Morgan fingerprint density at radius 1 is 1.53 bits per heavy atom. The van der Waals surface area contributed by atoms with E-state index in [-0.39, 0.29) is 5.92 Å². The molecule has 2 nitrogen and oxygen atoms in total. The van der Waals surface area contributed by atoms with Crippen molar-refractivity contribution in [1.82, 2.24) is 0 Å². The van der Waals surface area contributed by atoms with Gasteiger partial charge in [0.05, 0.1) is 5.92 Å². The molecule has 0 aliphatic carbocycles. The van der Waals surface area contributed by atoms with Crippen LogP contribution in [-0.4, -0.2) is 11.1 Å². The molecule has 1 atom stereocenters. The minimum atomic E-state index is -0.751. The topological polar surface area (TPSA) is 37.3 Å². The summed E-state index contributed by atoms with van der Waals surface area (Å²) in [5.74, 6) is -1.07. The Labute approximate surface area is 94.9 Å². The van der Waals surface area contributed by atoms with E-state index in [2.05, 4.69) is 0 Å². The third kappa shape index (κ3) is 3.56. The Balaban J connectivity index is 2.65. The van der Waals surface area contributed by atoms with Gasteiger partial charge in [-0.25, -0.2) is 0 Å². The lowest BCUT2D eigenvalue weighted by atomic mass is 10.0. The van der Waals surface area contributed by atoms with Gasteiger partial charge in [-0.05, 0) is 31.4 Å². The Kier molecular flexibility index (Phi) is 4.15. The molecule has 1 aromatic carbocycles. The van der Waals surface area contributed by atoms with Crippen molar-refractivity contribution in [3.05, 3.63) is 34.3 Å². The van der Waals surface area contributed by atoms with Crippen molar-refractivity contribution in [1.29, 1.82) is 0 Å². The van der Waals surface area contributed by atoms with E-state index in [4.69, 9.17) is 16.7 Å². The molecule has 1 unspecified atom stereocenters. The van der Waals surface area contributed by atoms with Crippen molar-refractivity contribution in [3.63, 3.8) is 0 Å². The van der Waals surface area contributed by atoms with Crippen LogP contribution >= 0.6 is 11.6 Å². The number of carboxylic acids is 1. The number of aryl methyl sites for hydroxylation is 2. The molecule has 15 heavy (non-hydrogen) atoms. The first-order valence-corrected chi connectivity index (χ1v) is 5.36. The van der Waals surface area contributed by atoms with E-state index in [1.165, 1.54) is 0 Å². The number of hydrogen-bond acceptors (Lipinski definition) is 1. The minimum absolute atomic E-state index is 0.318. The van der Waals surface area contributed by atoms with E-state index in [1.54, 1.807) is 6.92 Å². The molecule has 1 N–H and O–H groups in total. The van der Waals surface area contributed by atoms with Gasteiger partial charge in [0, 0.05) is 5.02 Å². The molecular formula is C12H15ClO2. The lowest BCUT2D eigenvalue weighted by molar-refractivity contribution is -0.141. The normalized spacial score (nSPS) is 12.5. The fraction of sp³-hybridized carbons (Fsp3) is 0.417. The van der Waals surface area contributed by atoms with Crippen LogP contribution in [0.15, 0.2) is 18.2 Å². The van der Waals surface area contributed by atoms with E-state index in [9.17, 15) is 4.79 Å². The molecule has 0 aromatic heterocycles. The van der Waals surface area contributed by atoms with Gasteiger partial charge in [-0.2, -0.15) is 0 Å². The second-order valence-corrected chi connectivity index (χ2v) is 4.28. The summed E-state index contributed by atoms with van der Waals surface area (Å²) in [6.07, 6.45) is 1.34. The summed E-state index contributed by atoms with van der Waals surface area (Å²) in [6.45, 7) is 3.71. The van der Waals surface area contributed by atoms with Gasteiger partial charge in [-0.15, -0.1) is 0 Å². The van der Waals surface area contributed by atoms with Crippen LogP contribution in [0, 0.1) is 12.8 Å². The van der Waals surface area contributed by atoms with Crippen molar-refractivity contribution in [2.24, 2.45) is 5.92 Å². The summed E-state index contributed by atoms with van der Waals surface area (Å²) in [5, 5.41) is 9.47. The Morgan fingerprint density at radius 2 is 2.20 bits per heavy atom. The van der Waals surface area contributed by atoms with Gasteiger partial charge in [-0.1, -0.05) is 36.2 Å². The molecule has 0 aliphatic rings. The van der Waals surface area contributed by atoms with Crippen molar-refractivity contribution in [3.8, 4) is 0 Å². The van der Waals surface area contributed by atoms with Crippen LogP contribution in [0.5, 0.6) is 0 Å². The molecule has 3 heteroatoms. The van der Waals surface area contributed by atoms with Gasteiger partial charge in [0.25, 0.3) is 0 Å². The highest BCUT2D eigenvalue weighted by molar-refractivity contribution is 6.31. The lowest BCUT2D eigenvalue weighted by Crippen LogP contribution is -2.10. The van der Waals surface area contributed by atoms with Gasteiger partial charge in [-0.3, -0.25) is 4.79 Å². The van der Waals surface area contributed by atoms with E-state index in [0.717, 1.165) is 16.1 Å². The van der Waals surface area contributed by atoms with Gasteiger partial charge in [0.15, 0.2) is 0 Å². The number of carboxylic acid groups (broad SMARTS) is 1. The quantitative estimate of drug-likeness (QED) is 0.856. The highest BCUT2D eigenvalue weighted by Gasteiger charge is 2.11. The summed E-state index contributed by atoms with van der Waals surface area (Å²) in [4.78, 5) is 10.6. The average Bonchev–Trinajstić information content (AvgIpc) is 2.18. The van der Waals surface area contributed by atoms with Crippen molar-refractivity contribution < 1.29 is 9.90 Å². The molecule has 0 amide bonds. The standard InChI is InChI=1S/C12H15ClO2/c1-8-3-6-11(13)10(7-8)5-4-9(2)12(14)15/h3,6-7,9H,4-5H2,1-2H3,(H,14,15). The Bertz CT molecular complexity index is 361. The highest BCUT2D eigenvalue weighted by Crippen LogP contribution is 2.20. The summed E-state index contributed by atoms with van der Waals surface area (Å²) in [5.41, 5.74) is 2.18. The molecule has 1 rings (SSSR count). The Morgan fingerprint density at radius 3 is 2.80 bits per heavy atom. The van der Waals surface area contributed by atoms with E-state index in [1.807, 2.05) is 25.1 Å². The molecule has 1 aromatic rings. The fourth-order valence-electron chi connectivity index (χ4n) is 1.39. The zero-order valence-electron chi connectivity index (χ0n) is 8.96. The van der Waals surface area contributed by atoms with Crippen LogP contribution in [-0.2, 0) is 11.2 Å². The molecule has 0 heterocycles. The number of carbonyl (C=O) groups is 1. The van der Waals surface area contributed by atoms with Crippen LogP contribution in [0.1, 0.15) is 24.5 Å². The zero-order valence-corrected chi connectivity index (χ0v) is 9.71. The maximum Gasteiger partial charge on any atom is 0.306 e. The summed E-state index contributed by atoms with van der Waals surface area (Å²) in [7, 11) is 0. The third-order valence-electron chi connectivity index (χ3n) is 2.47. The molecule has 0 bridgehead atoms. The second-order valence-electron chi connectivity index (χ2n) is 3.87. The first kappa shape index (κ1) is 12.1. The first-order valence-electron chi connectivity index (χ1n) is 4.98. The van der Waals surface area contributed by atoms with E-state index < -0.39 is 5.97 Å². The third-order valence-corrected chi connectivity index (χ3v) is 2.84. The minimum Gasteiger partial charge on any atom is -0.481 e. The maximum absolute atomic E-state index is 10.6. The van der Waals surface area contributed by atoms with Crippen LogP contribution < -0.4 is 0 Å². The fourth-order valence-corrected chi connectivity index (χ4v) is 1.60. The van der Waals surface area contributed by atoms with Crippen molar-refractivity contribution >= 4 is 17.6 Å². The molecule has 0 fully saturated rings. The molecule has 0 saturated heterocycles. The number of rotatable bonds is 4. The summed E-state index contributed by atoms with van der Waals surface area (Å²) >= 11 is 6.01. The van der Waals surface area contributed by atoms with Crippen molar-refractivity contribution in [2.45, 2.75) is 26.7 Å². The largest absolute Gasteiger partial charge is 0.481 e. The predicted octanol–water partition coefficient (Wildman–Crippen LogP) is 3.30. The number of aliphatic carboxylic acids is 1. The Hall–Kier alpha value is -1.02. The SMILES string of the molecule is Cc1ccc(Cl)c(CCC(C)C(=O)O)c1. The first-order chi connectivity index (χ1) is 7.00. The highest BCUT2D eigenvalue weighted by atomic mass is 35.5. The van der Waals surface area contributed by atoms with Crippen LogP contribution in [0.2, 0.25) is 5.02 Å². The molecule has 0 spiro atoms. The zero-order chi connectivity index (χ0) is 11.4. The number of hydrogen-bond donors (Lipinski definition) is 1. The van der Waals surface area contributed by atoms with E-state index in [0.29, 0.717) is 12.8 Å². The molecular weight excluding hydrogens is 212 g/mol. The molecule has 0 saturated carbocycles. The average molecular weight is 227 g/mol. The smallest absolute Gasteiger partial charge is 0.306 e. The summed E-state index contributed by atoms with van der Waals surface area (Å²) in [6, 6.07) is 5.82. The van der Waals surface area contributed by atoms with Gasteiger partial charge in [0.1, 0.15) is 0 Å². The van der Waals surface area contributed by atoms with Gasteiger partial charge < -0.3 is 5.11 Å². The van der Waals surface area contributed by atoms with Crippen LogP contribution in [0.4, 0.5) is 0 Å². The van der Waals surface area contributed by atoms with Crippen LogP contribution in [0.25, 0.3) is 0 Å². The van der Waals surface area contributed by atoms with Crippen LogP contribution in [0.3, 0.4) is 0 Å². The predicted molar refractivity (Wildman–Crippen MR) is 61.3 cm³/mol. The lowest BCUT2D eigenvalue weighted by Gasteiger charge is -2.08. The molecule has 0 radical (unpaired) electrons. The summed E-state index contributed by atoms with van der Waals surface area (Å²) < 4.78 is 0. The van der Waals surface area contributed by atoms with Gasteiger partial charge in [0.2, 0.25) is 0 Å². The molecule has 0 aliphatic heterocycles.